The molecule has 17 heavy (non-hydrogen) atoms. The third kappa shape index (κ3) is 5.13. The summed E-state index contributed by atoms with van der Waals surface area (Å²) in [5.74, 6) is -0.387. The fourth-order valence-electron chi connectivity index (χ4n) is 1.58. The molecule has 2 amide bonds. The maximum atomic E-state index is 11.2. The second-order valence-corrected chi connectivity index (χ2v) is 5.18. The molecule has 0 bridgehead atoms. The van der Waals surface area contributed by atoms with Crippen LogP contribution < -0.4 is 0 Å². The lowest BCUT2D eigenvalue weighted by Gasteiger charge is -2.19. The van der Waals surface area contributed by atoms with Gasteiger partial charge in [-0.2, -0.15) is 0 Å². The van der Waals surface area contributed by atoms with E-state index in [9.17, 15) is 9.59 Å². The Balaban J connectivity index is 2.05. The van der Waals surface area contributed by atoms with E-state index in [1.807, 2.05) is 20.8 Å². The molecule has 0 N–H and O–H groups in total. The molecule has 0 fully saturated rings. The molecule has 4 nitrogen and oxygen atoms in total. The second kappa shape index (κ2) is 5.96. The van der Waals surface area contributed by atoms with Gasteiger partial charge in [0, 0.05) is 25.3 Å². The number of carbonyl (C=O) groups excluding carboxylic acids is 2. The van der Waals surface area contributed by atoms with Crippen molar-refractivity contribution in [3.05, 3.63) is 12.2 Å². The predicted octanol–water partition coefficient (Wildman–Crippen LogP) is 1.90. The average Bonchev–Trinajstić information content (AvgIpc) is 2.52. The average molecular weight is 239 g/mol. The molecule has 96 valence electrons. The SMILES string of the molecule is CC(C)(C)OCCCCCN1C(=O)C=CC1=O. The molecule has 4 heteroatoms. The van der Waals surface area contributed by atoms with Crippen molar-refractivity contribution in [2.75, 3.05) is 13.2 Å². The van der Waals surface area contributed by atoms with Gasteiger partial charge >= 0.3 is 0 Å². The minimum atomic E-state index is -0.194. The van der Waals surface area contributed by atoms with Crippen molar-refractivity contribution in [2.45, 2.75) is 45.6 Å². The minimum absolute atomic E-state index is 0.0925. The van der Waals surface area contributed by atoms with Gasteiger partial charge in [-0.15, -0.1) is 0 Å². The molecule has 0 radical (unpaired) electrons. The molecule has 1 aliphatic rings. The Kier molecular flexibility index (Phi) is 4.87. The van der Waals surface area contributed by atoms with Gasteiger partial charge in [-0.05, 0) is 40.0 Å². The zero-order valence-electron chi connectivity index (χ0n) is 10.9. The molecule has 0 aliphatic carbocycles. The highest BCUT2D eigenvalue weighted by atomic mass is 16.5. The van der Waals surface area contributed by atoms with Crippen molar-refractivity contribution < 1.29 is 14.3 Å². The van der Waals surface area contributed by atoms with E-state index in [-0.39, 0.29) is 17.4 Å². The number of hydrogen-bond acceptors (Lipinski definition) is 3. The number of amides is 2. The smallest absolute Gasteiger partial charge is 0.253 e. The van der Waals surface area contributed by atoms with Gasteiger partial charge in [-0.3, -0.25) is 14.5 Å². The van der Waals surface area contributed by atoms with Crippen molar-refractivity contribution >= 4 is 11.8 Å². The van der Waals surface area contributed by atoms with E-state index in [1.165, 1.54) is 17.1 Å². The number of hydrogen-bond donors (Lipinski definition) is 0. The van der Waals surface area contributed by atoms with Crippen LogP contribution in [0.15, 0.2) is 12.2 Å². The lowest BCUT2D eigenvalue weighted by molar-refractivity contribution is -0.136. The van der Waals surface area contributed by atoms with Crippen LogP contribution in [0.2, 0.25) is 0 Å². The largest absolute Gasteiger partial charge is 0.376 e. The Labute approximate surface area is 103 Å². The van der Waals surface area contributed by atoms with Crippen LogP contribution in [-0.2, 0) is 14.3 Å². The van der Waals surface area contributed by atoms with Gasteiger partial charge in [0.25, 0.3) is 11.8 Å². The molecule has 1 aliphatic heterocycles. The standard InChI is InChI=1S/C13H21NO3/c1-13(2,3)17-10-6-4-5-9-14-11(15)7-8-12(14)16/h7-8H,4-6,9-10H2,1-3H3. The molecule has 0 unspecified atom stereocenters. The normalized spacial score (nSPS) is 16.1. The summed E-state index contributed by atoms with van der Waals surface area (Å²) in [7, 11) is 0. The fourth-order valence-corrected chi connectivity index (χ4v) is 1.58. The van der Waals surface area contributed by atoms with Gasteiger partial charge in [0.05, 0.1) is 5.60 Å². The van der Waals surface area contributed by atoms with Crippen LogP contribution in [-0.4, -0.2) is 35.5 Å². The van der Waals surface area contributed by atoms with Gasteiger partial charge in [0.2, 0.25) is 0 Å². The molecule has 0 atom stereocenters. The molecule has 0 saturated heterocycles. The van der Waals surface area contributed by atoms with Crippen LogP contribution in [0.3, 0.4) is 0 Å². The van der Waals surface area contributed by atoms with E-state index in [0.717, 1.165) is 25.9 Å². The first-order chi connectivity index (χ1) is 7.90. The first-order valence-corrected chi connectivity index (χ1v) is 6.08. The number of imide groups is 1. The summed E-state index contributed by atoms with van der Waals surface area (Å²) in [5, 5.41) is 0. The van der Waals surface area contributed by atoms with E-state index in [4.69, 9.17) is 4.74 Å². The highest BCUT2D eigenvalue weighted by Crippen LogP contribution is 2.10. The number of unbranched alkanes of at least 4 members (excludes halogenated alkanes) is 2. The molecular formula is C13H21NO3. The van der Waals surface area contributed by atoms with E-state index in [1.54, 1.807) is 0 Å². The monoisotopic (exact) mass is 239 g/mol. The van der Waals surface area contributed by atoms with Gasteiger partial charge < -0.3 is 4.74 Å². The third-order valence-electron chi connectivity index (χ3n) is 2.46. The first kappa shape index (κ1) is 13.9. The summed E-state index contributed by atoms with van der Waals surface area (Å²) in [5.41, 5.74) is -0.0925. The van der Waals surface area contributed by atoms with Crippen LogP contribution in [0.5, 0.6) is 0 Å². The Morgan fingerprint density at radius 1 is 1.06 bits per heavy atom. The molecule has 0 spiro atoms. The Morgan fingerprint density at radius 2 is 1.65 bits per heavy atom. The van der Waals surface area contributed by atoms with Crippen molar-refractivity contribution in [2.24, 2.45) is 0 Å². The Bertz CT molecular complexity index is 297. The van der Waals surface area contributed by atoms with Crippen LogP contribution in [0.25, 0.3) is 0 Å². The number of rotatable bonds is 6. The van der Waals surface area contributed by atoms with Crippen molar-refractivity contribution in [1.82, 2.24) is 4.90 Å². The molecular weight excluding hydrogens is 218 g/mol. The molecule has 0 saturated carbocycles. The number of carbonyl (C=O) groups is 2. The fraction of sp³-hybridized carbons (Fsp3) is 0.692. The van der Waals surface area contributed by atoms with Crippen LogP contribution in [0, 0.1) is 0 Å². The van der Waals surface area contributed by atoms with Crippen molar-refractivity contribution in [3.63, 3.8) is 0 Å². The molecule has 1 heterocycles. The predicted molar refractivity (Wildman–Crippen MR) is 65.4 cm³/mol. The number of ether oxygens (including phenoxy) is 1. The quantitative estimate of drug-likeness (QED) is 0.525. The summed E-state index contributed by atoms with van der Waals surface area (Å²) in [6, 6.07) is 0. The Hall–Kier alpha value is -1.16. The lowest BCUT2D eigenvalue weighted by Crippen LogP contribution is -2.30. The molecule has 0 aromatic rings. The van der Waals surface area contributed by atoms with E-state index in [0.29, 0.717) is 6.54 Å². The van der Waals surface area contributed by atoms with E-state index < -0.39 is 0 Å². The van der Waals surface area contributed by atoms with Gasteiger partial charge in [-0.1, -0.05) is 0 Å². The summed E-state index contributed by atoms with van der Waals surface area (Å²) in [4.78, 5) is 23.7. The summed E-state index contributed by atoms with van der Waals surface area (Å²) in [6.45, 7) is 7.32. The van der Waals surface area contributed by atoms with E-state index >= 15 is 0 Å². The molecule has 1 rings (SSSR count). The highest BCUT2D eigenvalue weighted by Gasteiger charge is 2.22. The van der Waals surface area contributed by atoms with Crippen LogP contribution in [0.4, 0.5) is 0 Å². The Morgan fingerprint density at radius 3 is 2.18 bits per heavy atom. The van der Waals surface area contributed by atoms with E-state index in [2.05, 4.69) is 0 Å². The van der Waals surface area contributed by atoms with Gasteiger partial charge in [-0.25, -0.2) is 0 Å². The number of nitrogens with zero attached hydrogens (tertiary/aromatic N) is 1. The lowest BCUT2D eigenvalue weighted by atomic mass is 10.2. The summed E-state index contributed by atoms with van der Waals surface area (Å²) >= 11 is 0. The second-order valence-electron chi connectivity index (χ2n) is 5.18. The van der Waals surface area contributed by atoms with Gasteiger partial charge in [0.15, 0.2) is 0 Å². The van der Waals surface area contributed by atoms with Crippen molar-refractivity contribution in [1.29, 1.82) is 0 Å². The van der Waals surface area contributed by atoms with Crippen LogP contribution in [0.1, 0.15) is 40.0 Å². The summed E-state index contributed by atoms with van der Waals surface area (Å²) < 4.78 is 5.58. The highest BCUT2D eigenvalue weighted by molar-refractivity contribution is 6.12. The molecule has 0 aromatic carbocycles. The zero-order chi connectivity index (χ0) is 12.9. The minimum Gasteiger partial charge on any atom is -0.376 e. The maximum Gasteiger partial charge on any atom is 0.253 e. The third-order valence-corrected chi connectivity index (χ3v) is 2.46. The summed E-state index contributed by atoms with van der Waals surface area (Å²) in [6.07, 6.45) is 5.41. The topological polar surface area (TPSA) is 46.6 Å². The van der Waals surface area contributed by atoms with Gasteiger partial charge in [0.1, 0.15) is 0 Å². The first-order valence-electron chi connectivity index (χ1n) is 6.08. The maximum absolute atomic E-state index is 11.2. The van der Waals surface area contributed by atoms with Crippen LogP contribution >= 0.6 is 0 Å². The van der Waals surface area contributed by atoms with Crippen molar-refractivity contribution in [3.8, 4) is 0 Å². The molecule has 0 aromatic heterocycles. The zero-order valence-corrected chi connectivity index (χ0v) is 10.9.